The van der Waals surface area contributed by atoms with E-state index in [1.54, 1.807) is 0 Å². The summed E-state index contributed by atoms with van der Waals surface area (Å²) in [5.74, 6) is 0.665. The molecule has 0 saturated carbocycles. The molecule has 10 aromatic rings. The highest BCUT2D eigenvalue weighted by Crippen LogP contribution is 2.35. The predicted octanol–water partition coefficient (Wildman–Crippen LogP) is 11.1. The number of fused-ring (bicyclic) bond motifs is 6. The number of pyridine rings is 1. The molecule has 0 saturated heterocycles. The fourth-order valence-corrected chi connectivity index (χ4v) is 7.30. The first-order valence-corrected chi connectivity index (χ1v) is 16.8. The number of nitrogens with zero attached hydrogens (tertiary/aromatic N) is 5. The van der Waals surface area contributed by atoms with Crippen LogP contribution in [0.2, 0.25) is 0 Å². The maximum absolute atomic E-state index is 5.07. The van der Waals surface area contributed by atoms with E-state index < -0.39 is 0 Å². The maximum atomic E-state index is 5.07. The van der Waals surface area contributed by atoms with E-state index in [1.807, 2.05) is 42.6 Å². The predicted molar refractivity (Wildman–Crippen MR) is 205 cm³/mol. The van der Waals surface area contributed by atoms with Crippen LogP contribution in [0.25, 0.3) is 89.0 Å². The zero-order valence-electron chi connectivity index (χ0n) is 27.0. The minimum Gasteiger partial charge on any atom is -0.309 e. The zero-order valence-corrected chi connectivity index (χ0v) is 27.0. The Hall–Kier alpha value is -6.85. The summed E-state index contributed by atoms with van der Waals surface area (Å²) in [7, 11) is 0. The van der Waals surface area contributed by atoms with Gasteiger partial charge in [0.2, 0.25) is 0 Å². The lowest BCUT2D eigenvalue weighted by Gasteiger charge is -2.12. The normalized spacial score (nSPS) is 11.6. The van der Waals surface area contributed by atoms with Crippen molar-refractivity contribution in [3.05, 3.63) is 176 Å². The monoisotopic (exact) mass is 639 g/mol. The third-order valence-corrected chi connectivity index (χ3v) is 9.61. The minimum atomic E-state index is 0.665. The van der Waals surface area contributed by atoms with Crippen molar-refractivity contribution in [1.82, 2.24) is 24.1 Å². The summed E-state index contributed by atoms with van der Waals surface area (Å²) in [6, 6.07) is 59.3. The van der Waals surface area contributed by atoms with Crippen molar-refractivity contribution < 1.29 is 0 Å². The molecule has 0 unspecified atom stereocenters. The van der Waals surface area contributed by atoms with E-state index in [1.165, 1.54) is 32.6 Å². The molecule has 6 aromatic carbocycles. The van der Waals surface area contributed by atoms with Gasteiger partial charge in [-0.1, -0.05) is 115 Å². The zero-order chi connectivity index (χ0) is 33.0. The standard InChI is InChI=1S/C45H29N5/c1-2-12-31(13-3-1)45-47-39(30-22-24-32(25-23-30)49-41-18-8-4-14-34(41)35-15-5-9-19-42(35)49)28-40(48-45)38-27-26-33(29-46-38)50-43-20-10-6-16-36(43)37-17-7-11-21-44(37)50/h1-29H. The SMILES string of the molecule is c1ccc(-c2nc(-c3ccc(-n4c5ccccc5c5ccccc54)cc3)cc(-c3ccc(-n4c5ccccc5c5ccccc54)cn3)n2)cc1. The average Bonchev–Trinajstić information content (AvgIpc) is 3.71. The van der Waals surface area contributed by atoms with Crippen molar-refractivity contribution >= 4 is 43.6 Å². The third-order valence-electron chi connectivity index (χ3n) is 9.61. The smallest absolute Gasteiger partial charge is 0.160 e. The van der Waals surface area contributed by atoms with Crippen molar-refractivity contribution in [3.63, 3.8) is 0 Å². The summed E-state index contributed by atoms with van der Waals surface area (Å²) in [5, 5.41) is 4.95. The maximum Gasteiger partial charge on any atom is 0.160 e. The van der Waals surface area contributed by atoms with Crippen LogP contribution in [0.4, 0.5) is 0 Å². The first-order chi connectivity index (χ1) is 24.8. The van der Waals surface area contributed by atoms with Gasteiger partial charge in [-0.15, -0.1) is 0 Å². The number of para-hydroxylation sites is 4. The number of rotatable bonds is 5. The summed E-state index contributed by atoms with van der Waals surface area (Å²) in [4.78, 5) is 15.1. The molecule has 0 atom stereocenters. The largest absolute Gasteiger partial charge is 0.309 e. The third kappa shape index (κ3) is 4.52. The van der Waals surface area contributed by atoms with Crippen LogP contribution in [0.3, 0.4) is 0 Å². The van der Waals surface area contributed by atoms with Gasteiger partial charge in [-0.25, -0.2) is 9.97 Å². The second-order valence-corrected chi connectivity index (χ2v) is 12.5. The van der Waals surface area contributed by atoms with Crippen LogP contribution in [-0.4, -0.2) is 24.1 Å². The molecule has 50 heavy (non-hydrogen) atoms. The van der Waals surface area contributed by atoms with E-state index in [2.05, 4.69) is 143 Å². The van der Waals surface area contributed by atoms with Gasteiger partial charge in [0, 0.05) is 38.4 Å². The van der Waals surface area contributed by atoms with Gasteiger partial charge in [0.15, 0.2) is 5.82 Å². The average molecular weight is 640 g/mol. The second kappa shape index (κ2) is 11.4. The molecule has 234 valence electrons. The van der Waals surface area contributed by atoms with Crippen LogP contribution < -0.4 is 0 Å². The van der Waals surface area contributed by atoms with Crippen molar-refractivity contribution in [3.8, 4) is 45.4 Å². The van der Waals surface area contributed by atoms with Gasteiger partial charge in [-0.3, -0.25) is 4.98 Å². The molecule has 0 bridgehead atoms. The lowest BCUT2D eigenvalue weighted by atomic mass is 10.1. The highest BCUT2D eigenvalue weighted by atomic mass is 15.0. The summed E-state index contributed by atoms with van der Waals surface area (Å²) in [6.45, 7) is 0. The van der Waals surface area contributed by atoms with Crippen LogP contribution in [0.15, 0.2) is 176 Å². The van der Waals surface area contributed by atoms with E-state index >= 15 is 0 Å². The summed E-state index contributed by atoms with van der Waals surface area (Å²) in [5.41, 5.74) is 11.2. The Morgan fingerprint density at radius 3 is 1.32 bits per heavy atom. The Morgan fingerprint density at radius 2 is 0.800 bits per heavy atom. The van der Waals surface area contributed by atoms with Gasteiger partial charge in [-0.2, -0.15) is 0 Å². The number of benzene rings is 6. The van der Waals surface area contributed by atoms with Gasteiger partial charge < -0.3 is 9.13 Å². The second-order valence-electron chi connectivity index (χ2n) is 12.5. The minimum absolute atomic E-state index is 0.665. The van der Waals surface area contributed by atoms with Gasteiger partial charge >= 0.3 is 0 Å². The lowest BCUT2D eigenvalue weighted by molar-refractivity contribution is 1.12. The molecule has 0 fully saturated rings. The van der Waals surface area contributed by atoms with Crippen LogP contribution in [0, 0.1) is 0 Å². The lowest BCUT2D eigenvalue weighted by Crippen LogP contribution is -1.99. The van der Waals surface area contributed by atoms with Crippen LogP contribution >= 0.6 is 0 Å². The van der Waals surface area contributed by atoms with Crippen LogP contribution in [-0.2, 0) is 0 Å². The molecule has 5 nitrogen and oxygen atoms in total. The highest BCUT2D eigenvalue weighted by Gasteiger charge is 2.16. The molecule has 4 heterocycles. The highest BCUT2D eigenvalue weighted by molar-refractivity contribution is 6.10. The molecule has 5 heteroatoms. The van der Waals surface area contributed by atoms with E-state index in [9.17, 15) is 0 Å². The van der Waals surface area contributed by atoms with E-state index in [0.717, 1.165) is 50.6 Å². The molecule has 0 aliphatic heterocycles. The molecule has 4 aromatic heterocycles. The Bertz CT molecular complexity index is 2560. The van der Waals surface area contributed by atoms with Gasteiger partial charge in [0.1, 0.15) is 0 Å². The Kier molecular flexibility index (Phi) is 6.42. The van der Waals surface area contributed by atoms with Crippen molar-refractivity contribution in [1.29, 1.82) is 0 Å². The first kappa shape index (κ1) is 28.2. The number of hydrogen-bond donors (Lipinski definition) is 0. The Balaban J connectivity index is 1.07. The molecule has 0 radical (unpaired) electrons. The molecule has 0 aliphatic carbocycles. The molecule has 10 rings (SSSR count). The van der Waals surface area contributed by atoms with Crippen molar-refractivity contribution in [2.75, 3.05) is 0 Å². The van der Waals surface area contributed by atoms with E-state index in [-0.39, 0.29) is 0 Å². The van der Waals surface area contributed by atoms with Crippen LogP contribution in [0.5, 0.6) is 0 Å². The summed E-state index contributed by atoms with van der Waals surface area (Å²) < 4.78 is 4.61. The van der Waals surface area contributed by atoms with Crippen LogP contribution in [0.1, 0.15) is 0 Å². The summed E-state index contributed by atoms with van der Waals surface area (Å²) in [6.07, 6.45) is 1.94. The van der Waals surface area contributed by atoms with Gasteiger partial charge in [-0.05, 0) is 54.6 Å². The Morgan fingerprint density at radius 1 is 0.340 bits per heavy atom. The molecule has 0 N–H and O–H groups in total. The van der Waals surface area contributed by atoms with Gasteiger partial charge in [0.05, 0.1) is 51.0 Å². The Labute approximate surface area is 288 Å². The molecule has 0 aliphatic rings. The van der Waals surface area contributed by atoms with Crippen molar-refractivity contribution in [2.45, 2.75) is 0 Å². The molecule has 0 spiro atoms. The van der Waals surface area contributed by atoms with E-state index in [0.29, 0.717) is 5.82 Å². The topological polar surface area (TPSA) is 48.5 Å². The number of hydrogen-bond acceptors (Lipinski definition) is 3. The number of aromatic nitrogens is 5. The molecule has 0 amide bonds. The molecular formula is C45H29N5. The fourth-order valence-electron chi connectivity index (χ4n) is 7.30. The van der Waals surface area contributed by atoms with Crippen molar-refractivity contribution in [2.24, 2.45) is 0 Å². The van der Waals surface area contributed by atoms with Gasteiger partial charge in [0.25, 0.3) is 0 Å². The first-order valence-electron chi connectivity index (χ1n) is 16.8. The van der Waals surface area contributed by atoms with E-state index in [4.69, 9.17) is 15.0 Å². The summed E-state index contributed by atoms with van der Waals surface area (Å²) >= 11 is 0. The fraction of sp³-hybridized carbons (Fsp3) is 0. The molecular weight excluding hydrogens is 611 g/mol. The quantitative estimate of drug-likeness (QED) is 0.188.